The predicted molar refractivity (Wildman–Crippen MR) is 73.1 cm³/mol. The third kappa shape index (κ3) is 2.91. The van der Waals surface area contributed by atoms with Crippen LogP contribution in [-0.4, -0.2) is 24.7 Å². The fraction of sp³-hybridized carbons (Fsp3) is 0.462. The molecule has 4 nitrogen and oxygen atoms in total. The van der Waals surface area contributed by atoms with Gasteiger partial charge in [-0.3, -0.25) is 4.79 Å². The van der Waals surface area contributed by atoms with Crippen LogP contribution < -0.4 is 11.1 Å². The van der Waals surface area contributed by atoms with Crippen molar-refractivity contribution >= 4 is 21.8 Å². The zero-order chi connectivity index (χ0) is 13.2. The van der Waals surface area contributed by atoms with Crippen LogP contribution in [0.5, 0.6) is 0 Å². The van der Waals surface area contributed by atoms with Gasteiger partial charge >= 0.3 is 0 Å². The second-order valence-electron chi connectivity index (χ2n) is 4.71. The normalized spacial score (nSPS) is 24.8. The molecule has 0 aliphatic carbocycles. The van der Waals surface area contributed by atoms with Crippen molar-refractivity contribution in [1.82, 2.24) is 5.32 Å². The molecule has 0 aromatic heterocycles. The molecule has 3 N–H and O–H groups in total. The second kappa shape index (κ2) is 5.38. The smallest absolute Gasteiger partial charge is 0.243 e. The van der Waals surface area contributed by atoms with E-state index < -0.39 is 5.54 Å². The van der Waals surface area contributed by atoms with E-state index in [1.807, 2.05) is 31.2 Å². The number of carbonyl (C=O) groups is 1. The predicted octanol–water partition coefficient (Wildman–Crippen LogP) is 1.74. The molecular formula is C13H17BrN2O2. The van der Waals surface area contributed by atoms with E-state index in [-0.39, 0.29) is 11.9 Å². The third-order valence-electron chi connectivity index (χ3n) is 3.20. The molecule has 0 spiro atoms. The van der Waals surface area contributed by atoms with Crippen LogP contribution in [0.2, 0.25) is 0 Å². The third-order valence-corrected chi connectivity index (χ3v) is 3.69. The summed E-state index contributed by atoms with van der Waals surface area (Å²) in [5.74, 6) is -0.146. The van der Waals surface area contributed by atoms with Crippen molar-refractivity contribution in [2.45, 2.75) is 24.9 Å². The first-order valence-corrected chi connectivity index (χ1v) is 6.74. The minimum absolute atomic E-state index is 0.0731. The lowest BCUT2D eigenvalue weighted by Gasteiger charge is -2.24. The van der Waals surface area contributed by atoms with Gasteiger partial charge in [-0.1, -0.05) is 28.1 Å². The number of nitrogens with two attached hydrogens (primary N) is 1. The Morgan fingerprint density at radius 1 is 1.61 bits per heavy atom. The van der Waals surface area contributed by atoms with Crippen molar-refractivity contribution in [1.29, 1.82) is 0 Å². The molecule has 2 rings (SSSR count). The van der Waals surface area contributed by atoms with Crippen molar-refractivity contribution in [2.24, 2.45) is 5.73 Å². The van der Waals surface area contributed by atoms with Gasteiger partial charge < -0.3 is 15.8 Å². The van der Waals surface area contributed by atoms with Gasteiger partial charge in [-0.25, -0.2) is 0 Å². The Bertz CT molecular complexity index is 444. The van der Waals surface area contributed by atoms with Crippen LogP contribution in [0.3, 0.4) is 0 Å². The molecule has 0 radical (unpaired) electrons. The summed E-state index contributed by atoms with van der Waals surface area (Å²) in [6, 6.07) is 7.78. The molecule has 98 valence electrons. The molecule has 1 unspecified atom stereocenters. The number of rotatable bonds is 3. The zero-order valence-corrected chi connectivity index (χ0v) is 11.9. The van der Waals surface area contributed by atoms with Gasteiger partial charge in [-0.15, -0.1) is 0 Å². The van der Waals surface area contributed by atoms with Gasteiger partial charge in [-0.2, -0.15) is 0 Å². The minimum atomic E-state index is -0.875. The lowest BCUT2D eigenvalue weighted by molar-refractivity contribution is -0.127. The van der Waals surface area contributed by atoms with Crippen LogP contribution in [0, 0.1) is 0 Å². The molecule has 1 amide bonds. The summed E-state index contributed by atoms with van der Waals surface area (Å²) >= 11 is 3.42. The van der Waals surface area contributed by atoms with Crippen LogP contribution in [0.4, 0.5) is 0 Å². The number of carbonyl (C=O) groups excluding carboxylic acids is 1. The van der Waals surface area contributed by atoms with E-state index in [4.69, 9.17) is 10.5 Å². The van der Waals surface area contributed by atoms with E-state index >= 15 is 0 Å². The molecule has 18 heavy (non-hydrogen) atoms. The largest absolute Gasteiger partial charge is 0.379 e. The average molecular weight is 313 g/mol. The first kappa shape index (κ1) is 13.5. The number of hydrogen-bond acceptors (Lipinski definition) is 3. The van der Waals surface area contributed by atoms with Gasteiger partial charge in [0, 0.05) is 11.1 Å². The summed E-state index contributed by atoms with van der Waals surface area (Å²) in [5, 5.41) is 2.94. The topological polar surface area (TPSA) is 64.4 Å². The second-order valence-corrected chi connectivity index (χ2v) is 5.62. The molecule has 0 saturated carbocycles. The standard InChI is InChI=1S/C13H17BrN2O2/c1-9(10-3-2-4-11(14)7-10)16-12(17)13(15)5-6-18-8-13/h2-4,7,9H,5-6,8,15H2,1H3,(H,16,17)/t9-,13?/m0/s1. The van der Waals surface area contributed by atoms with Gasteiger partial charge in [-0.05, 0) is 31.0 Å². The summed E-state index contributed by atoms with van der Waals surface area (Å²) in [6.45, 7) is 2.79. The van der Waals surface area contributed by atoms with Gasteiger partial charge in [0.15, 0.2) is 0 Å². The van der Waals surface area contributed by atoms with E-state index in [2.05, 4.69) is 21.2 Å². The fourth-order valence-electron chi connectivity index (χ4n) is 1.96. The summed E-state index contributed by atoms with van der Waals surface area (Å²) in [4.78, 5) is 12.1. The first-order chi connectivity index (χ1) is 8.51. The highest BCUT2D eigenvalue weighted by molar-refractivity contribution is 9.10. The zero-order valence-electron chi connectivity index (χ0n) is 10.3. The quantitative estimate of drug-likeness (QED) is 0.893. The molecule has 1 aromatic carbocycles. The number of ether oxygens (including phenoxy) is 1. The van der Waals surface area contributed by atoms with E-state index in [0.717, 1.165) is 10.0 Å². The Hall–Kier alpha value is -0.910. The molecule has 0 bridgehead atoms. The summed E-state index contributed by atoms with van der Waals surface area (Å²) < 4.78 is 6.19. The molecule has 5 heteroatoms. The van der Waals surface area contributed by atoms with Gasteiger partial charge in [0.05, 0.1) is 12.6 Å². The van der Waals surface area contributed by atoms with Gasteiger partial charge in [0.2, 0.25) is 5.91 Å². The van der Waals surface area contributed by atoms with Gasteiger partial charge in [0.1, 0.15) is 5.54 Å². The van der Waals surface area contributed by atoms with Crippen LogP contribution in [0.15, 0.2) is 28.7 Å². The molecule has 1 aliphatic heterocycles. The Kier molecular flexibility index (Phi) is 4.04. The van der Waals surface area contributed by atoms with Gasteiger partial charge in [0.25, 0.3) is 0 Å². The minimum Gasteiger partial charge on any atom is -0.379 e. The summed E-state index contributed by atoms with van der Waals surface area (Å²) in [5.41, 5.74) is 6.18. The van der Waals surface area contributed by atoms with Crippen LogP contribution >= 0.6 is 15.9 Å². The Morgan fingerprint density at radius 3 is 3.00 bits per heavy atom. The van der Waals surface area contributed by atoms with E-state index in [9.17, 15) is 4.79 Å². The molecule has 1 fully saturated rings. The van der Waals surface area contributed by atoms with Crippen molar-refractivity contribution < 1.29 is 9.53 Å². The first-order valence-electron chi connectivity index (χ1n) is 5.94. The van der Waals surface area contributed by atoms with Crippen molar-refractivity contribution in [3.05, 3.63) is 34.3 Å². The molecule has 1 saturated heterocycles. The van der Waals surface area contributed by atoms with Crippen molar-refractivity contribution in [2.75, 3.05) is 13.2 Å². The molecule has 1 heterocycles. The number of halogens is 1. The van der Waals surface area contributed by atoms with E-state index in [1.165, 1.54) is 0 Å². The maximum Gasteiger partial charge on any atom is 0.243 e. The van der Waals surface area contributed by atoms with Crippen LogP contribution in [0.1, 0.15) is 24.9 Å². The molecule has 2 atom stereocenters. The SMILES string of the molecule is C[C@H](NC(=O)C1(N)CCOC1)c1cccc(Br)c1. The van der Waals surface area contributed by atoms with Crippen LogP contribution in [-0.2, 0) is 9.53 Å². The number of nitrogens with one attached hydrogen (secondary N) is 1. The molecule has 1 aliphatic rings. The number of hydrogen-bond donors (Lipinski definition) is 2. The highest BCUT2D eigenvalue weighted by atomic mass is 79.9. The number of benzene rings is 1. The maximum atomic E-state index is 12.1. The lowest BCUT2D eigenvalue weighted by atomic mass is 9.98. The van der Waals surface area contributed by atoms with Crippen LogP contribution in [0.25, 0.3) is 0 Å². The average Bonchev–Trinajstić information content (AvgIpc) is 2.77. The highest BCUT2D eigenvalue weighted by Gasteiger charge is 2.38. The highest BCUT2D eigenvalue weighted by Crippen LogP contribution is 2.20. The van der Waals surface area contributed by atoms with E-state index in [0.29, 0.717) is 19.6 Å². The monoisotopic (exact) mass is 312 g/mol. The van der Waals surface area contributed by atoms with Crippen molar-refractivity contribution in [3.63, 3.8) is 0 Å². The Labute approximate surface area is 115 Å². The maximum absolute atomic E-state index is 12.1. The molecule has 1 aromatic rings. The Balaban J connectivity index is 2.03. The number of amides is 1. The van der Waals surface area contributed by atoms with Crippen molar-refractivity contribution in [3.8, 4) is 0 Å². The molecular weight excluding hydrogens is 296 g/mol. The Morgan fingerprint density at radius 2 is 2.39 bits per heavy atom. The summed E-state index contributed by atoms with van der Waals surface area (Å²) in [7, 11) is 0. The fourth-order valence-corrected chi connectivity index (χ4v) is 2.38. The summed E-state index contributed by atoms with van der Waals surface area (Å²) in [6.07, 6.45) is 0.573. The van der Waals surface area contributed by atoms with E-state index in [1.54, 1.807) is 0 Å². The lowest BCUT2D eigenvalue weighted by Crippen LogP contribution is -2.54.